The molecule has 0 saturated carbocycles. The van der Waals surface area contributed by atoms with Crippen LogP contribution in [0.5, 0.6) is 11.5 Å². The highest BCUT2D eigenvalue weighted by molar-refractivity contribution is 6.07. The topological polar surface area (TPSA) is 48.0 Å². The van der Waals surface area contributed by atoms with Gasteiger partial charge in [-0.25, -0.2) is 0 Å². The average Bonchev–Trinajstić information content (AvgIpc) is 2.65. The van der Waals surface area contributed by atoms with Crippen molar-refractivity contribution in [3.63, 3.8) is 0 Å². The second-order valence-corrected chi connectivity index (χ2v) is 5.92. The lowest BCUT2D eigenvalue weighted by Gasteiger charge is -2.36. The van der Waals surface area contributed by atoms with Crippen LogP contribution in [0.15, 0.2) is 54.2 Å². The molecule has 134 valence electrons. The Labute approximate surface area is 149 Å². The number of benzene rings is 1. The van der Waals surface area contributed by atoms with Gasteiger partial charge in [0.15, 0.2) is 17.3 Å². The van der Waals surface area contributed by atoms with Gasteiger partial charge in [0.1, 0.15) is 5.72 Å². The number of allylic oxidation sites excluding steroid dienone is 4. The van der Waals surface area contributed by atoms with E-state index in [0.717, 1.165) is 5.57 Å². The molecule has 1 unspecified atom stereocenters. The van der Waals surface area contributed by atoms with E-state index in [1.54, 1.807) is 44.6 Å². The quantitative estimate of drug-likeness (QED) is 0.432. The molecule has 0 aliphatic heterocycles. The second kappa shape index (κ2) is 8.14. The molecule has 0 spiro atoms. The van der Waals surface area contributed by atoms with E-state index in [1.807, 2.05) is 31.1 Å². The minimum absolute atomic E-state index is 0.138. The summed E-state index contributed by atoms with van der Waals surface area (Å²) in [6.45, 7) is 0. The molecule has 2 rings (SSSR count). The van der Waals surface area contributed by atoms with Crippen LogP contribution >= 0.6 is 0 Å². The van der Waals surface area contributed by atoms with E-state index >= 15 is 0 Å². The van der Waals surface area contributed by atoms with Gasteiger partial charge < -0.3 is 14.2 Å². The molecule has 0 heterocycles. The first-order valence-corrected chi connectivity index (χ1v) is 8.03. The molecule has 1 aliphatic carbocycles. The number of rotatable bonds is 7. The molecular weight excluding hydrogens is 318 g/mol. The van der Waals surface area contributed by atoms with Crippen LogP contribution in [0.3, 0.4) is 0 Å². The maximum absolute atomic E-state index is 12.5. The van der Waals surface area contributed by atoms with Crippen molar-refractivity contribution < 1.29 is 19.0 Å². The molecule has 1 atom stereocenters. The van der Waals surface area contributed by atoms with E-state index in [-0.39, 0.29) is 5.78 Å². The van der Waals surface area contributed by atoms with Crippen LogP contribution in [-0.4, -0.2) is 51.8 Å². The van der Waals surface area contributed by atoms with Gasteiger partial charge in [-0.05, 0) is 44.0 Å². The van der Waals surface area contributed by atoms with Crippen molar-refractivity contribution >= 4 is 5.78 Å². The van der Waals surface area contributed by atoms with Gasteiger partial charge in [0.05, 0.1) is 19.8 Å². The summed E-state index contributed by atoms with van der Waals surface area (Å²) in [4.78, 5) is 14.5. The number of likely N-dealkylation sites (N-methyl/N-ethyl adjacent to an activating group) is 1. The molecule has 0 aromatic heterocycles. The molecule has 1 aliphatic rings. The van der Waals surface area contributed by atoms with Crippen LogP contribution in [0, 0.1) is 0 Å². The number of ketones is 1. The Bertz CT molecular complexity index is 718. The average molecular weight is 343 g/mol. The lowest BCUT2D eigenvalue weighted by atomic mass is 9.97. The lowest BCUT2D eigenvalue weighted by molar-refractivity contribution is -0.0726. The van der Waals surface area contributed by atoms with E-state index in [1.165, 1.54) is 7.11 Å². The van der Waals surface area contributed by atoms with Gasteiger partial charge in [-0.15, -0.1) is 0 Å². The van der Waals surface area contributed by atoms with Gasteiger partial charge in [0, 0.05) is 13.5 Å². The molecule has 5 nitrogen and oxygen atoms in total. The van der Waals surface area contributed by atoms with Gasteiger partial charge >= 0.3 is 0 Å². The van der Waals surface area contributed by atoms with Crippen molar-refractivity contribution in [3.8, 4) is 11.5 Å². The molecule has 1 aromatic rings. The molecule has 5 heteroatoms. The largest absolute Gasteiger partial charge is 0.493 e. The zero-order valence-corrected chi connectivity index (χ0v) is 15.4. The summed E-state index contributed by atoms with van der Waals surface area (Å²) < 4.78 is 16.2. The van der Waals surface area contributed by atoms with E-state index in [4.69, 9.17) is 14.2 Å². The summed E-state index contributed by atoms with van der Waals surface area (Å²) in [7, 11) is 8.71. The van der Waals surface area contributed by atoms with Gasteiger partial charge in [-0.1, -0.05) is 24.3 Å². The zero-order valence-electron chi connectivity index (χ0n) is 15.4. The van der Waals surface area contributed by atoms with Crippen LogP contribution < -0.4 is 9.47 Å². The van der Waals surface area contributed by atoms with Crippen molar-refractivity contribution in [1.29, 1.82) is 0 Å². The number of hydrogen-bond donors (Lipinski definition) is 0. The van der Waals surface area contributed by atoms with Gasteiger partial charge in [0.25, 0.3) is 0 Å². The number of carbonyl (C=O) groups is 1. The summed E-state index contributed by atoms with van der Waals surface area (Å²) in [6.07, 6.45) is 10.1. The molecule has 0 fully saturated rings. The minimum atomic E-state index is -0.433. The maximum Gasteiger partial charge on any atom is 0.189 e. The van der Waals surface area contributed by atoms with Crippen molar-refractivity contribution in [3.05, 3.63) is 59.7 Å². The molecule has 0 radical (unpaired) electrons. The Hall–Kier alpha value is -2.37. The number of methoxy groups -OCH3 is 3. The third-order valence-corrected chi connectivity index (χ3v) is 4.37. The first-order valence-electron chi connectivity index (χ1n) is 8.03. The first-order chi connectivity index (χ1) is 12.0. The van der Waals surface area contributed by atoms with Crippen molar-refractivity contribution in [2.24, 2.45) is 0 Å². The zero-order chi connectivity index (χ0) is 18.4. The van der Waals surface area contributed by atoms with E-state index in [0.29, 0.717) is 23.5 Å². The Balaban J connectivity index is 2.16. The van der Waals surface area contributed by atoms with E-state index in [2.05, 4.69) is 6.08 Å². The molecule has 0 saturated heterocycles. The summed E-state index contributed by atoms with van der Waals surface area (Å²) in [5.41, 5.74) is 1.000. The number of hydrogen-bond acceptors (Lipinski definition) is 5. The smallest absolute Gasteiger partial charge is 0.189 e. The predicted octanol–water partition coefficient (Wildman–Crippen LogP) is 3.23. The van der Waals surface area contributed by atoms with E-state index in [9.17, 15) is 4.79 Å². The van der Waals surface area contributed by atoms with Crippen LogP contribution in [0.25, 0.3) is 0 Å². The fraction of sp³-hybridized carbons (Fsp3) is 0.350. The number of ether oxygens (including phenoxy) is 3. The Morgan fingerprint density at radius 2 is 1.96 bits per heavy atom. The second-order valence-electron chi connectivity index (χ2n) is 5.92. The molecule has 1 aromatic carbocycles. The molecule has 0 amide bonds. The van der Waals surface area contributed by atoms with Gasteiger partial charge in [0.2, 0.25) is 0 Å². The molecular formula is C20H25NO4. The molecule has 0 bridgehead atoms. The number of carbonyl (C=O) groups excluding carboxylic acids is 1. The monoisotopic (exact) mass is 343 g/mol. The van der Waals surface area contributed by atoms with Crippen molar-refractivity contribution in [2.75, 3.05) is 35.4 Å². The first kappa shape index (κ1) is 19.0. The maximum atomic E-state index is 12.5. The highest BCUT2D eigenvalue weighted by Crippen LogP contribution is 2.31. The fourth-order valence-corrected chi connectivity index (χ4v) is 2.76. The number of nitrogens with zero attached hydrogens (tertiary/aromatic N) is 1. The summed E-state index contributed by atoms with van der Waals surface area (Å²) in [5, 5.41) is 0. The van der Waals surface area contributed by atoms with Crippen LogP contribution in [0.4, 0.5) is 0 Å². The van der Waals surface area contributed by atoms with Crippen molar-refractivity contribution in [2.45, 2.75) is 12.1 Å². The third kappa shape index (κ3) is 4.00. The number of para-hydroxylation sites is 1. The van der Waals surface area contributed by atoms with Crippen molar-refractivity contribution in [1.82, 2.24) is 4.90 Å². The lowest BCUT2D eigenvalue weighted by Crippen LogP contribution is -2.44. The molecule has 0 N–H and O–H groups in total. The Morgan fingerprint density at radius 1 is 1.20 bits per heavy atom. The highest BCUT2D eigenvalue weighted by atomic mass is 16.5. The summed E-state index contributed by atoms with van der Waals surface area (Å²) in [6, 6.07) is 5.25. The normalized spacial score (nSPS) is 20.0. The van der Waals surface area contributed by atoms with Crippen LogP contribution in [0.1, 0.15) is 16.8 Å². The SMILES string of the molecule is COc1cccc(C(=O)C=CC2=CCC(OC)(N(C)C)C=C2)c1OC. The summed E-state index contributed by atoms with van der Waals surface area (Å²) in [5.74, 6) is 0.842. The Kier molecular flexibility index (Phi) is 6.17. The Morgan fingerprint density at radius 3 is 2.48 bits per heavy atom. The predicted molar refractivity (Wildman–Crippen MR) is 98.3 cm³/mol. The fourth-order valence-electron chi connectivity index (χ4n) is 2.76. The van der Waals surface area contributed by atoms with Gasteiger partial charge in [-0.3, -0.25) is 9.69 Å². The van der Waals surface area contributed by atoms with E-state index < -0.39 is 5.72 Å². The van der Waals surface area contributed by atoms with Gasteiger partial charge in [-0.2, -0.15) is 0 Å². The standard InChI is InChI=1S/C20H25NO4/c1-21(2)20(25-5)13-11-15(12-14-20)9-10-17(22)16-7-6-8-18(23-3)19(16)24-4/h6-13H,14H2,1-5H3. The minimum Gasteiger partial charge on any atom is -0.493 e. The third-order valence-electron chi connectivity index (χ3n) is 4.37. The van der Waals surface area contributed by atoms with Crippen LogP contribution in [0.2, 0.25) is 0 Å². The van der Waals surface area contributed by atoms with Crippen LogP contribution in [-0.2, 0) is 4.74 Å². The summed E-state index contributed by atoms with van der Waals surface area (Å²) >= 11 is 0. The highest BCUT2D eigenvalue weighted by Gasteiger charge is 2.29. The molecule has 25 heavy (non-hydrogen) atoms.